The predicted octanol–water partition coefficient (Wildman–Crippen LogP) is 4.63. The van der Waals surface area contributed by atoms with Crippen molar-refractivity contribution in [1.29, 1.82) is 0 Å². The Kier molecular flexibility index (Phi) is 4.19. The Labute approximate surface area is 151 Å². The lowest BCUT2D eigenvalue weighted by molar-refractivity contribution is 0.102. The molecular weight excluding hydrogens is 330 g/mol. The number of benzene rings is 3. The van der Waals surface area contributed by atoms with Gasteiger partial charge in [-0.05, 0) is 42.5 Å². The van der Waals surface area contributed by atoms with Gasteiger partial charge in [-0.1, -0.05) is 24.3 Å². The highest BCUT2D eigenvalue weighted by molar-refractivity contribution is 6.06. The van der Waals surface area contributed by atoms with Crippen LogP contribution in [0.15, 0.2) is 66.7 Å². The lowest BCUT2D eigenvalue weighted by atomic mass is 10.1. The molecule has 1 aliphatic heterocycles. The summed E-state index contributed by atoms with van der Waals surface area (Å²) in [5.74, 6) is 2.38. The van der Waals surface area contributed by atoms with Gasteiger partial charge in [0.1, 0.15) is 18.1 Å². The lowest BCUT2D eigenvalue weighted by Crippen LogP contribution is -2.13. The van der Waals surface area contributed by atoms with Crippen LogP contribution < -0.4 is 19.5 Å². The fraction of sp³-hybridized carbons (Fsp3) is 0.0952. The van der Waals surface area contributed by atoms with Gasteiger partial charge in [0.25, 0.3) is 5.91 Å². The van der Waals surface area contributed by atoms with Crippen LogP contribution in [0.2, 0.25) is 0 Å². The summed E-state index contributed by atoms with van der Waals surface area (Å²) in [6, 6.07) is 20.1. The van der Waals surface area contributed by atoms with Crippen molar-refractivity contribution in [3.8, 4) is 23.0 Å². The van der Waals surface area contributed by atoms with Gasteiger partial charge < -0.3 is 19.5 Å². The van der Waals surface area contributed by atoms with Crippen LogP contribution in [0, 0.1) is 0 Å². The van der Waals surface area contributed by atoms with E-state index in [1.807, 2.05) is 42.5 Å². The minimum atomic E-state index is -0.235. The highest BCUT2D eigenvalue weighted by Crippen LogP contribution is 2.38. The van der Waals surface area contributed by atoms with E-state index in [9.17, 15) is 4.79 Å². The summed E-state index contributed by atoms with van der Waals surface area (Å²) >= 11 is 0. The fourth-order valence-corrected chi connectivity index (χ4v) is 2.83. The molecule has 0 unspecified atom stereocenters. The van der Waals surface area contributed by atoms with Crippen molar-refractivity contribution in [2.24, 2.45) is 0 Å². The van der Waals surface area contributed by atoms with Gasteiger partial charge in [0.15, 0.2) is 11.5 Å². The molecule has 0 radical (unpaired) electrons. The first-order chi connectivity index (χ1) is 12.7. The molecule has 3 aromatic carbocycles. The van der Waals surface area contributed by atoms with Crippen LogP contribution in [-0.2, 0) is 6.61 Å². The summed E-state index contributed by atoms with van der Waals surface area (Å²) in [6.45, 7) is 0.366. The molecular formula is C21H17NO4. The Bertz CT molecular complexity index is 968. The largest absolute Gasteiger partial charge is 0.496 e. The third-order valence-corrected chi connectivity index (χ3v) is 4.12. The quantitative estimate of drug-likeness (QED) is 0.750. The van der Waals surface area contributed by atoms with Crippen molar-refractivity contribution in [2.75, 3.05) is 12.4 Å². The normalized spacial score (nSPS) is 11.9. The maximum atomic E-state index is 12.6. The monoisotopic (exact) mass is 347 g/mol. The van der Waals surface area contributed by atoms with Gasteiger partial charge in [0.2, 0.25) is 0 Å². The number of carbonyl (C=O) groups excluding carboxylic acids is 1. The van der Waals surface area contributed by atoms with E-state index in [4.69, 9.17) is 14.2 Å². The van der Waals surface area contributed by atoms with E-state index >= 15 is 0 Å². The molecule has 3 aromatic rings. The van der Waals surface area contributed by atoms with Crippen LogP contribution in [0.5, 0.6) is 23.0 Å². The second-order valence-electron chi connectivity index (χ2n) is 5.81. The van der Waals surface area contributed by atoms with E-state index in [2.05, 4.69) is 5.32 Å². The summed E-state index contributed by atoms with van der Waals surface area (Å²) in [5.41, 5.74) is 2.00. The Hall–Kier alpha value is -3.47. The third-order valence-electron chi connectivity index (χ3n) is 4.12. The fourth-order valence-electron chi connectivity index (χ4n) is 2.83. The molecule has 0 fully saturated rings. The first-order valence-electron chi connectivity index (χ1n) is 8.21. The van der Waals surface area contributed by atoms with Crippen molar-refractivity contribution in [1.82, 2.24) is 0 Å². The van der Waals surface area contributed by atoms with Crippen molar-refractivity contribution in [2.45, 2.75) is 6.61 Å². The number of rotatable bonds is 3. The number of anilines is 1. The van der Waals surface area contributed by atoms with Crippen LogP contribution in [0.25, 0.3) is 0 Å². The number of fused-ring (bicyclic) bond motifs is 2. The number of para-hydroxylation sites is 3. The molecule has 0 saturated carbocycles. The highest BCUT2D eigenvalue weighted by atomic mass is 16.5. The molecule has 5 nitrogen and oxygen atoms in total. The maximum absolute atomic E-state index is 12.6. The Balaban J connectivity index is 1.57. The van der Waals surface area contributed by atoms with Crippen LogP contribution in [0.3, 0.4) is 0 Å². The molecule has 1 N–H and O–H groups in total. The van der Waals surface area contributed by atoms with Gasteiger partial charge in [-0.25, -0.2) is 0 Å². The smallest absolute Gasteiger partial charge is 0.259 e. The molecule has 0 atom stereocenters. The van der Waals surface area contributed by atoms with E-state index < -0.39 is 0 Å². The molecule has 0 saturated heterocycles. The Morgan fingerprint density at radius 2 is 1.73 bits per heavy atom. The molecule has 1 heterocycles. The summed E-state index contributed by atoms with van der Waals surface area (Å²) in [6.07, 6.45) is 0. The van der Waals surface area contributed by atoms with E-state index in [0.717, 1.165) is 5.56 Å². The number of hydrogen-bond donors (Lipinski definition) is 1. The third kappa shape index (κ3) is 3.07. The molecule has 0 aromatic heterocycles. The molecule has 130 valence electrons. The second kappa shape index (κ2) is 6.80. The summed E-state index contributed by atoms with van der Waals surface area (Å²) < 4.78 is 17.0. The zero-order valence-corrected chi connectivity index (χ0v) is 14.2. The number of amides is 1. The summed E-state index contributed by atoms with van der Waals surface area (Å²) in [7, 11) is 1.54. The number of methoxy groups -OCH3 is 1. The van der Waals surface area contributed by atoms with Gasteiger partial charge in [-0.15, -0.1) is 0 Å². The van der Waals surface area contributed by atoms with Crippen LogP contribution in [-0.4, -0.2) is 13.0 Å². The minimum absolute atomic E-state index is 0.235. The lowest BCUT2D eigenvalue weighted by Gasteiger charge is -2.11. The topological polar surface area (TPSA) is 56.8 Å². The number of carbonyl (C=O) groups is 1. The number of hydrogen-bond acceptors (Lipinski definition) is 4. The Morgan fingerprint density at radius 3 is 2.58 bits per heavy atom. The molecule has 0 aliphatic carbocycles. The van der Waals surface area contributed by atoms with Gasteiger partial charge in [0, 0.05) is 11.3 Å². The van der Waals surface area contributed by atoms with Crippen LogP contribution >= 0.6 is 0 Å². The van der Waals surface area contributed by atoms with Gasteiger partial charge in [-0.3, -0.25) is 4.79 Å². The summed E-state index contributed by atoms with van der Waals surface area (Å²) in [4.78, 5) is 12.6. The van der Waals surface area contributed by atoms with Crippen LogP contribution in [0.4, 0.5) is 5.69 Å². The zero-order chi connectivity index (χ0) is 17.9. The van der Waals surface area contributed by atoms with Crippen LogP contribution in [0.1, 0.15) is 15.9 Å². The number of ether oxygens (including phenoxy) is 3. The Morgan fingerprint density at radius 1 is 0.962 bits per heavy atom. The average Bonchev–Trinajstić information content (AvgIpc) is 2.87. The molecule has 0 spiro atoms. The molecule has 5 heteroatoms. The van der Waals surface area contributed by atoms with E-state index in [-0.39, 0.29) is 5.91 Å². The first-order valence-corrected chi connectivity index (χ1v) is 8.21. The average molecular weight is 347 g/mol. The SMILES string of the molecule is COc1ccccc1C(=O)Nc1ccc2c(c1)COc1ccccc1O2. The minimum Gasteiger partial charge on any atom is -0.496 e. The zero-order valence-electron chi connectivity index (χ0n) is 14.2. The predicted molar refractivity (Wildman–Crippen MR) is 98.2 cm³/mol. The standard InChI is InChI=1S/C21H17NO4/c1-24-18-7-3-2-6-16(18)21(23)22-15-10-11-17-14(12-15)13-25-19-8-4-5-9-20(19)26-17/h2-12H,13H2,1H3,(H,22,23). The molecule has 1 aliphatic rings. The molecule has 26 heavy (non-hydrogen) atoms. The van der Waals surface area contributed by atoms with E-state index in [1.165, 1.54) is 0 Å². The van der Waals surface area contributed by atoms with Crippen molar-refractivity contribution in [3.05, 3.63) is 77.9 Å². The van der Waals surface area contributed by atoms with Crippen molar-refractivity contribution >= 4 is 11.6 Å². The molecule has 0 bridgehead atoms. The van der Waals surface area contributed by atoms with Gasteiger partial charge in [-0.2, -0.15) is 0 Å². The molecule has 4 rings (SSSR count). The first kappa shape index (κ1) is 16.0. The number of nitrogens with one attached hydrogen (secondary N) is 1. The highest BCUT2D eigenvalue weighted by Gasteiger charge is 2.17. The summed E-state index contributed by atoms with van der Waals surface area (Å²) in [5, 5.41) is 2.89. The van der Waals surface area contributed by atoms with E-state index in [1.54, 1.807) is 31.4 Å². The van der Waals surface area contributed by atoms with Crippen molar-refractivity contribution in [3.63, 3.8) is 0 Å². The van der Waals surface area contributed by atoms with E-state index in [0.29, 0.717) is 40.9 Å². The van der Waals surface area contributed by atoms with Gasteiger partial charge >= 0.3 is 0 Å². The second-order valence-corrected chi connectivity index (χ2v) is 5.81. The molecule has 1 amide bonds. The maximum Gasteiger partial charge on any atom is 0.259 e. The van der Waals surface area contributed by atoms with Gasteiger partial charge in [0.05, 0.1) is 12.7 Å². The van der Waals surface area contributed by atoms with Crippen molar-refractivity contribution < 1.29 is 19.0 Å².